The van der Waals surface area contributed by atoms with Gasteiger partial charge in [0.2, 0.25) is 0 Å². The van der Waals surface area contributed by atoms with E-state index in [1.165, 1.54) is 7.11 Å². The molecule has 0 aromatic heterocycles. The van der Waals surface area contributed by atoms with Crippen LogP contribution < -0.4 is 20.1 Å². The van der Waals surface area contributed by atoms with Crippen molar-refractivity contribution in [3.63, 3.8) is 0 Å². The van der Waals surface area contributed by atoms with Crippen LogP contribution >= 0.6 is 11.6 Å². The number of carbonyl (C=O) groups is 2. The number of amides is 2. The van der Waals surface area contributed by atoms with Gasteiger partial charge in [-0.3, -0.25) is 0 Å². The Morgan fingerprint density at radius 2 is 1.89 bits per heavy atom. The number of allylic oxidation sites excluding steroid dienone is 1. The van der Waals surface area contributed by atoms with Crippen LogP contribution in [0.4, 0.5) is 4.79 Å². The molecule has 1 aromatic carbocycles. The average molecular weight is 397 g/mol. The van der Waals surface area contributed by atoms with E-state index in [0.717, 1.165) is 0 Å². The Balaban J connectivity index is 2.64. The first-order chi connectivity index (χ1) is 12.8. The lowest BCUT2D eigenvalue weighted by atomic mass is 9.91. The second-order valence-corrected chi connectivity index (χ2v) is 6.61. The molecule has 2 N–H and O–H groups in total. The highest BCUT2D eigenvalue weighted by Crippen LogP contribution is 2.40. The summed E-state index contributed by atoms with van der Waals surface area (Å²) < 4.78 is 16.2. The number of urea groups is 1. The van der Waals surface area contributed by atoms with E-state index in [-0.39, 0.29) is 5.92 Å². The molecule has 0 bridgehead atoms. The zero-order valence-electron chi connectivity index (χ0n) is 16.1. The second kappa shape index (κ2) is 8.99. The van der Waals surface area contributed by atoms with Crippen LogP contribution in [-0.4, -0.2) is 32.3 Å². The zero-order valence-corrected chi connectivity index (χ0v) is 16.9. The number of carbonyl (C=O) groups excluding carboxylic acids is 2. The Kier molecular flexibility index (Phi) is 6.96. The van der Waals surface area contributed by atoms with Gasteiger partial charge in [0, 0.05) is 5.70 Å². The maximum absolute atomic E-state index is 12.5. The molecule has 148 valence electrons. The topological polar surface area (TPSA) is 85.9 Å². The van der Waals surface area contributed by atoms with Gasteiger partial charge >= 0.3 is 12.0 Å². The first kappa shape index (κ1) is 20.9. The molecule has 0 saturated carbocycles. The first-order valence-corrected chi connectivity index (χ1v) is 9.20. The van der Waals surface area contributed by atoms with Crippen molar-refractivity contribution in [1.29, 1.82) is 0 Å². The number of hydrogen-bond acceptors (Lipinski definition) is 5. The van der Waals surface area contributed by atoms with Crippen LogP contribution in [0.2, 0.25) is 5.02 Å². The van der Waals surface area contributed by atoms with Crippen molar-refractivity contribution in [2.75, 3.05) is 20.3 Å². The Morgan fingerprint density at radius 1 is 1.22 bits per heavy atom. The summed E-state index contributed by atoms with van der Waals surface area (Å²) in [6.07, 6.45) is 0. The first-order valence-electron chi connectivity index (χ1n) is 8.82. The third kappa shape index (κ3) is 4.47. The molecule has 0 radical (unpaired) electrons. The van der Waals surface area contributed by atoms with Crippen molar-refractivity contribution < 1.29 is 23.8 Å². The van der Waals surface area contributed by atoms with Crippen LogP contribution in [0.3, 0.4) is 0 Å². The molecule has 1 heterocycles. The third-order valence-electron chi connectivity index (χ3n) is 4.04. The molecule has 0 aliphatic carbocycles. The van der Waals surface area contributed by atoms with Crippen LogP contribution in [0, 0.1) is 5.92 Å². The fourth-order valence-corrected chi connectivity index (χ4v) is 3.20. The number of rotatable bonds is 7. The number of esters is 1. The summed E-state index contributed by atoms with van der Waals surface area (Å²) in [6.45, 7) is 8.30. The molecular formula is C19H25ClN2O5. The third-order valence-corrected chi connectivity index (χ3v) is 4.32. The molecule has 1 aliphatic heterocycles. The molecule has 2 amide bonds. The Morgan fingerprint density at radius 3 is 2.44 bits per heavy atom. The highest BCUT2D eigenvalue weighted by atomic mass is 35.5. The van der Waals surface area contributed by atoms with Gasteiger partial charge in [0.1, 0.15) is 0 Å². The lowest BCUT2D eigenvalue weighted by molar-refractivity contribution is -0.136. The SMILES string of the molecule is CCOc1cc(C2NC(=O)NC(C(C)C)=C2C(=O)OC)cc(Cl)c1OCC. The summed E-state index contributed by atoms with van der Waals surface area (Å²) >= 11 is 6.40. The normalized spacial score (nSPS) is 16.7. The summed E-state index contributed by atoms with van der Waals surface area (Å²) in [5.74, 6) is 0.263. The van der Waals surface area contributed by atoms with Crippen LogP contribution in [0.25, 0.3) is 0 Å². The Bertz CT molecular complexity index is 761. The van der Waals surface area contributed by atoms with Gasteiger partial charge in [0.05, 0.1) is 37.0 Å². The Hall–Kier alpha value is -2.41. The molecule has 0 fully saturated rings. The molecule has 2 rings (SSSR count). The fourth-order valence-electron chi connectivity index (χ4n) is 2.93. The predicted molar refractivity (Wildman–Crippen MR) is 102 cm³/mol. The van der Waals surface area contributed by atoms with Gasteiger partial charge in [-0.05, 0) is 37.5 Å². The summed E-state index contributed by atoms with van der Waals surface area (Å²) in [6, 6.07) is 2.25. The van der Waals surface area contributed by atoms with Crippen molar-refractivity contribution in [2.24, 2.45) is 5.92 Å². The molecular weight excluding hydrogens is 372 g/mol. The highest BCUT2D eigenvalue weighted by molar-refractivity contribution is 6.32. The van der Waals surface area contributed by atoms with Crippen molar-refractivity contribution >= 4 is 23.6 Å². The van der Waals surface area contributed by atoms with E-state index >= 15 is 0 Å². The van der Waals surface area contributed by atoms with E-state index in [0.29, 0.717) is 46.6 Å². The number of methoxy groups -OCH3 is 1. The van der Waals surface area contributed by atoms with E-state index in [1.54, 1.807) is 12.1 Å². The van der Waals surface area contributed by atoms with E-state index < -0.39 is 18.0 Å². The summed E-state index contributed by atoms with van der Waals surface area (Å²) in [5, 5.41) is 5.81. The molecule has 1 unspecified atom stereocenters. The molecule has 8 heteroatoms. The maximum atomic E-state index is 12.5. The van der Waals surface area contributed by atoms with Gasteiger partial charge in [0.15, 0.2) is 11.5 Å². The van der Waals surface area contributed by atoms with E-state index in [9.17, 15) is 9.59 Å². The lowest BCUT2D eigenvalue weighted by Gasteiger charge is -2.31. The van der Waals surface area contributed by atoms with Gasteiger partial charge in [0.25, 0.3) is 0 Å². The van der Waals surface area contributed by atoms with Crippen LogP contribution in [0.15, 0.2) is 23.4 Å². The van der Waals surface area contributed by atoms with Crippen LogP contribution in [0.5, 0.6) is 11.5 Å². The van der Waals surface area contributed by atoms with Gasteiger partial charge in [-0.25, -0.2) is 9.59 Å². The zero-order chi connectivity index (χ0) is 20.1. The second-order valence-electron chi connectivity index (χ2n) is 6.20. The van der Waals surface area contributed by atoms with Crippen molar-refractivity contribution in [3.8, 4) is 11.5 Å². The molecule has 7 nitrogen and oxygen atoms in total. The molecule has 1 atom stereocenters. The summed E-state index contributed by atoms with van der Waals surface area (Å²) in [5.41, 5.74) is 1.44. The van der Waals surface area contributed by atoms with Gasteiger partial charge in [-0.15, -0.1) is 0 Å². The van der Waals surface area contributed by atoms with E-state index in [2.05, 4.69) is 10.6 Å². The number of ether oxygens (including phenoxy) is 3. The number of benzene rings is 1. The minimum absolute atomic E-state index is 0.0859. The fraction of sp³-hybridized carbons (Fsp3) is 0.474. The van der Waals surface area contributed by atoms with E-state index in [1.807, 2.05) is 27.7 Å². The molecule has 0 saturated heterocycles. The largest absolute Gasteiger partial charge is 0.490 e. The van der Waals surface area contributed by atoms with Crippen molar-refractivity contribution in [3.05, 3.63) is 34.0 Å². The summed E-state index contributed by atoms with van der Waals surface area (Å²) in [7, 11) is 1.30. The lowest BCUT2D eigenvalue weighted by Crippen LogP contribution is -2.47. The maximum Gasteiger partial charge on any atom is 0.337 e. The number of hydrogen-bond donors (Lipinski definition) is 2. The van der Waals surface area contributed by atoms with Gasteiger partial charge < -0.3 is 24.8 Å². The van der Waals surface area contributed by atoms with E-state index in [4.69, 9.17) is 25.8 Å². The van der Waals surface area contributed by atoms with Crippen LogP contribution in [-0.2, 0) is 9.53 Å². The smallest absolute Gasteiger partial charge is 0.337 e. The van der Waals surface area contributed by atoms with Crippen LogP contribution in [0.1, 0.15) is 39.3 Å². The standard InChI is InChI=1S/C19H25ClN2O5/c1-6-26-13-9-11(8-12(20)17(13)27-7-2)16-14(18(23)25-5)15(10(3)4)21-19(24)22-16/h8-10,16H,6-7H2,1-5H3,(H2,21,22,24). The summed E-state index contributed by atoms with van der Waals surface area (Å²) in [4.78, 5) is 24.7. The van der Waals surface area contributed by atoms with Crippen molar-refractivity contribution in [2.45, 2.75) is 33.7 Å². The Labute approximate surface area is 164 Å². The molecule has 1 aliphatic rings. The minimum Gasteiger partial charge on any atom is -0.490 e. The number of halogens is 1. The quantitative estimate of drug-likeness (QED) is 0.688. The molecule has 1 aromatic rings. The predicted octanol–water partition coefficient (Wildman–Crippen LogP) is 3.57. The minimum atomic E-state index is -0.726. The van der Waals surface area contributed by atoms with Gasteiger partial charge in [-0.1, -0.05) is 25.4 Å². The molecule has 27 heavy (non-hydrogen) atoms. The average Bonchev–Trinajstić information content (AvgIpc) is 2.63. The number of nitrogens with one attached hydrogen (secondary N) is 2. The van der Waals surface area contributed by atoms with Gasteiger partial charge in [-0.2, -0.15) is 0 Å². The highest BCUT2D eigenvalue weighted by Gasteiger charge is 2.35. The van der Waals surface area contributed by atoms with Crippen molar-refractivity contribution in [1.82, 2.24) is 10.6 Å². The monoisotopic (exact) mass is 396 g/mol. The molecule has 0 spiro atoms.